The van der Waals surface area contributed by atoms with E-state index in [0.717, 1.165) is 23.6 Å². The van der Waals surface area contributed by atoms with Crippen LogP contribution in [0.5, 0.6) is 11.5 Å². The molecule has 0 saturated carbocycles. The van der Waals surface area contributed by atoms with Crippen molar-refractivity contribution in [3.05, 3.63) is 59.7 Å². The molecule has 2 aromatic carbocycles. The molecule has 2 aromatic rings. The molecular formula is C16H20N2O2. The molecule has 2 rings (SSSR count). The smallest absolute Gasteiger partial charge is 0.123 e. The van der Waals surface area contributed by atoms with Crippen LogP contribution in [-0.4, -0.2) is 14.2 Å². The van der Waals surface area contributed by atoms with Crippen LogP contribution in [0.4, 0.5) is 0 Å². The molecule has 0 unspecified atom stereocenters. The zero-order chi connectivity index (χ0) is 14.2. The summed E-state index contributed by atoms with van der Waals surface area (Å²) in [5.74, 6) is 1.77. The number of hydrazine groups is 1. The van der Waals surface area contributed by atoms with Gasteiger partial charge in [-0.1, -0.05) is 30.3 Å². The number of hydrogen-bond donors (Lipinski definition) is 2. The number of benzene rings is 2. The summed E-state index contributed by atoms with van der Waals surface area (Å²) in [6.07, 6.45) is 0. The third-order valence-electron chi connectivity index (χ3n) is 3.05. The largest absolute Gasteiger partial charge is 0.497 e. The van der Waals surface area contributed by atoms with E-state index in [2.05, 4.69) is 10.9 Å². The van der Waals surface area contributed by atoms with Crippen molar-refractivity contribution in [2.24, 2.45) is 0 Å². The van der Waals surface area contributed by atoms with Crippen LogP contribution < -0.4 is 20.3 Å². The van der Waals surface area contributed by atoms with Crippen molar-refractivity contribution in [3.8, 4) is 11.5 Å². The van der Waals surface area contributed by atoms with E-state index in [-0.39, 0.29) is 0 Å². The fraction of sp³-hybridized carbons (Fsp3) is 0.250. The van der Waals surface area contributed by atoms with E-state index in [1.54, 1.807) is 14.2 Å². The zero-order valence-electron chi connectivity index (χ0n) is 11.8. The van der Waals surface area contributed by atoms with E-state index in [9.17, 15) is 0 Å². The maximum absolute atomic E-state index is 5.30. The summed E-state index contributed by atoms with van der Waals surface area (Å²) in [4.78, 5) is 0. The van der Waals surface area contributed by atoms with Gasteiger partial charge in [-0.05, 0) is 23.8 Å². The van der Waals surface area contributed by atoms with Gasteiger partial charge in [0.25, 0.3) is 0 Å². The summed E-state index contributed by atoms with van der Waals surface area (Å²) in [6, 6.07) is 16.0. The number of nitrogens with one attached hydrogen (secondary N) is 2. The monoisotopic (exact) mass is 272 g/mol. The maximum Gasteiger partial charge on any atom is 0.123 e. The maximum atomic E-state index is 5.30. The minimum Gasteiger partial charge on any atom is -0.497 e. The highest BCUT2D eigenvalue weighted by atomic mass is 16.5. The molecule has 2 N–H and O–H groups in total. The number of para-hydroxylation sites is 1. The minimum absolute atomic E-state index is 0.709. The van der Waals surface area contributed by atoms with Crippen molar-refractivity contribution >= 4 is 0 Å². The number of rotatable bonds is 7. The lowest BCUT2D eigenvalue weighted by molar-refractivity contribution is 0.404. The van der Waals surface area contributed by atoms with Gasteiger partial charge in [0, 0.05) is 18.7 Å². The molecule has 0 amide bonds. The molecule has 4 heteroatoms. The topological polar surface area (TPSA) is 42.5 Å². The number of methoxy groups -OCH3 is 2. The summed E-state index contributed by atoms with van der Waals surface area (Å²) in [5.41, 5.74) is 8.70. The Kier molecular flexibility index (Phi) is 5.41. The summed E-state index contributed by atoms with van der Waals surface area (Å²) in [6.45, 7) is 1.46. The highest BCUT2D eigenvalue weighted by Gasteiger charge is 2.00. The van der Waals surface area contributed by atoms with Gasteiger partial charge in [0.15, 0.2) is 0 Å². The number of ether oxygens (including phenoxy) is 2. The molecule has 0 spiro atoms. The molecule has 0 heterocycles. The fourth-order valence-corrected chi connectivity index (χ4v) is 1.91. The van der Waals surface area contributed by atoms with Crippen molar-refractivity contribution in [3.63, 3.8) is 0 Å². The second-order valence-corrected chi connectivity index (χ2v) is 4.37. The van der Waals surface area contributed by atoms with E-state index in [0.29, 0.717) is 6.54 Å². The first-order chi connectivity index (χ1) is 9.83. The van der Waals surface area contributed by atoms with E-state index >= 15 is 0 Å². The molecule has 20 heavy (non-hydrogen) atoms. The van der Waals surface area contributed by atoms with E-state index in [1.165, 1.54) is 5.56 Å². The average molecular weight is 272 g/mol. The van der Waals surface area contributed by atoms with Gasteiger partial charge in [0.1, 0.15) is 11.5 Å². The number of hydrogen-bond acceptors (Lipinski definition) is 4. The van der Waals surface area contributed by atoms with Crippen molar-refractivity contribution in [1.82, 2.24) is 10.9 Å². The molecule has 4 nitrogen and oxygen atoms in total. The third-order valence-corrected chi connectivity index (χ3v) is 3.05. The van der Waals surface area contributed by atoms with Crippen LogP contribution in [0, 0.1) is 0 Å². The third kappa shape index (κ3) is 3.98. The molecule has 0 fully saturated rings. The predicted molar refractivity (Wildman–Crippen MR) is 79.7 cm³/mol. The Morgan fingerprint density at radius 1 is 0.800 bits per heavy atom. The van der Waals surface area contributed by atoms with Crippen LogP contribution >= 0.6 is 0 Å². The molecule has 0 radical (unpaired) electrons. The molecule has 106 valence electrons. The molecule has 0 aliphatic heterocycles. The Labute approximate surface area is 119 Å². The van der Waals surface area contributed by atoms with Crippen molar-refractivity contribution in [2.45, 2.75) is 13.1 Å². The molecule has 0 aliphatic rings. The molecule has 0 aromatic heterocycles. The van der Waals surface area contributed by atoms with Gasteiger partial charge in [-0.15, -0.1) is 0 Å². The predicted octanol–water partition coefficient (Wildman–Crippen LogP) is 2.50. The Hall–Kier alpha value is -2.04. The first-order valence-corrected chi connectivity index (χ1v) is 6.54. The van der Waals surface area contributed by atoms with Crippen molar-refractivity contribution < 1.29 is 9.47 Å². The average Bonchev–Trinajstić information content (AvgIpc) is 2.52. The molecule has 0 aliphatic carbocycles. The summed E-state index contributed by atoms with van der Waals surface area (Å²) < 4.78 is 10.4. The highest BCUT2D eigenvalue weighted by molar-refractivity contribution is 5.33. The second kappa shape index (κ2) is 7.53. The van der Waals surface area contributed by atoms with Crippen molar-refractivity contribution in [2.75, 3.05) is 14.2 Å². The van der Waals surface area contributed by atoms with Crippen LogP contribution in [0.25, 0.3) is 0 Å². The van der Waals surface area contributed by atoms with Crippen molar-refractivity contribution in [1.29, 1.82) is 0 Å². The zero-order valence-corrected chi connectivity index (χ0v) is 11.8. The molecular weight excluding hydrogens is 252 g/mol. The Balaban J connectivity index is 1.78. The van der Waals surface area contributed by atoms with Gasteiger partial charge >= 0.3 is 0 Å². The second-order valence-electron chi connectivity index (χ2n) is 4.37. The highest BCUT2D eigenvalue weighted by Crippen LogP contribution is 2.16. The van der Waals surface area contributed by atoms with Crippen LogP contribution in [0.1, 0.15) is 11.1 Å². The molecule has 0 atom stereocenters. The van der Waals surface area contributed by atoms with Gasteiger partial charge in [0.2, 0.25) is 0 Å². The first kappa shape index (κ1) is 14.4. The van der Waals surface area contributed by atoms with E-state index < -0.39 is 0 Å². The summed E-state index contributed by atoms with van der Waals surface area (Å²) in [5, 5.41) is 0. The van der Waals surface area contributed by atoms with Crippen LogP contribution in [0.2, 0.25) is 0 Å². The SMILES string of the molecule is COc1ccc(CNNCc2ccccc2OC)cc1. The Morgan fingerprint density at radius 3 is 2.20 bits per heavy atom. The quantitative estimate of drug-likeness (QED) is 0.600. The standard InChI is InChI=1S/C16H20N2O2/c1-19-15-9-7-13(8-10-15)11-17-18-12-14-5-3-4-6-16(14)20-2/h3-10,17-18H,11-12H2,1-2H3. The van der Waals surface area contributed by atoms with Crippen LogP contribution in [0.3, 0.4) is 0 Å². The lowest BCUT2D eigenvalue weighted by Gasteiger charge is -2.10. The lowest BCUT2D eigenvalue weighted by atomic mass is 10.2. The first-order valence-electron chi connectivity index (χ1n) is 6.54. The van der Waals surface area contributed by atoms with Crippen LogP contribution in [-0.2, 0) is 13.1 Å². The van der Waals surface area contributed by atoms with Gasteiger partial charge in [0.05, 0.1) is 14.2 Å². The molecule has 0 saturated heterocycles. The Morgan fingerprint density at radius 2 is 1.50 bits per heavy atom. The normalized spacial score (nSPS) is 10.3. The summed E-state index contributed by atoms with van der Waals surface area (Å²) in [7, 11) is 3.35. The minimum atomic E-state index is 0.709. The van der Waals surface area contributed by atoms with Gasteiger partial charge in [-0.25, -0.2) is 0 Å². The Bertz CT molecular complexity index is 526. The fourth-order valence-electron chi connectivity index (χ4n) is 1.91. The molecule has 0 bridgehead atoms. The van der Waals surface area contributed by atoms with Gasteiger partial charge in [-0.3, -0.25) is 10.9 Å². The van der Waals surface area contributed by atoms with Gasteiger partial charge in [-0.2, -0.15) is 0 Å². The van der Waals surface area contributed by atoms with Gasteiger partial charge < -0.3 is 9.47 Å². The lowest BCUT2D eigenvalue weighted by Crippen LogP contribution is -2.30. The summed E-state index contributed by atoms with van der Waals surface area (Å²) >= 11 is 0. The van der Waals surface area contributed by atoms with E-state index in [1.807, 2.05) is 48.5 Å². The van der Waals surface area contributed by atoms with E-state index in [4.69, 9.17) is 9.47 Å². The van der Waals surface area contributed by atoms with Crippen LogP contribution in [0.15, 0.2) is 48.5 Å².